The first-order valence-electron chi connectivity index (χ1n) is 9.79. The Bertz CT molecular complexity index is 824. The van der Waals surface area contributed by atoms with Crippen molar-refractivity contribution >= 4 is 11.6 Å². The van der Waals surface area contributed by atoms with Gasteiger partial charge in [-0.3, -0.25) is 0 Å². The van der Waals surface area contributed by atoms with E-state index in [1.807, 2.05) is 26.0 Å². The maximum absolute atomic E-state index is 13.5. The van der Waals surface area contributed by atoms with Crippen LogP contribution in [0, 0.1) is 13.8 Å². The minimum atomic E-state index is -2.54. The third-order valence-electron chi connectivity index (χ3n) is 5.30. The van der Waals surface area contributed by atoms with Crippen LogP contribution >= 0.6 is 0 Å². The van der Waals surface area contributed by atoms with Gasteiger partial charge in [0.05, 0.1) is 18.9 Å². The van der Waals surface area contributed by atoms with Crippen LogP contribution in [0.25, 0.3) is 5.95 Å². The third-order valence-corrected chi connectivity index (χ3v) is 5.30. The highest BCUT2D eigenvalue weighted by atomic mass is 19.3. The van der Waals surface area contributed by atoms with Crippen molar-refractivity contribution in [3.8, 4) is 5.95 Å². The van der Waals surface area contributed by atoms with Gasteiger partial charge in [-0.25, -0.2) is 13.5 Å². The molecule has 9 heteroatoms. The smallest absolute Gasteiger partial charge is 0.254 e. The van der Waals surface area contributed by atoms with E-state index in [9.17, 15) is 8.78 Å². The SMILES string of the molecule is Cc1cc(C)n(-c2nc(NC3CCC(F)(F)CC3)cc(N3CCOCC3)n2)n1. The molecule has 1 aliphatic heterocycles. The number of rotatable bonds is 4. The number of nitrogens with one attached hydrogen (secondary N) is 1. The van der Waals surface area contributed by atoms with Gasteiger partial charge >= 0.3 is 0 Å². The number of hydrogen-bond donors (Lipinski definition) is 1. The lowest BCUT2D eigenvalue weighted by Gasteiger charge is -2.30. The van der Waals surface area contributed by atoms with Crippen LogP contribution in [-0.2, 0) is 4.74 Å². The van der Waals surface area contributed by atoms with Crippen LogP contribution < -0.4 is 10.2 Å². The van der Waals surface area contributed by atoms with Crippen LogP contribution in [0.15, 0.2) is 12.1 Å². The van der Waals surface area contributed by atoms with Crippen LogP contribution in [0.4, 0.5) is 20.4 Å². The molecule has 28 heavy (non-hydrogen) atoms. The lowest BCUT2D eigenvalue weighted by atomic mass is 9.92. The molecule has 1 N–H and O–H groups in total. The molecule has 2 aromatic rings. The fourth-order valence-corrected chi connectivity index (χ4v) is 3.77. The highest BCUT2D eigenvalue weighted by molar-refractivity contribution is 5.52. The highest BCUT2D eigenvalue weighted by Gasteiger charge is 2.35. The van der Waals surface area contributed by atoms with Gasteiger partial charge in [0, 0.05) is 43.7 Å². The summed E-state index contributed by atoms with van der Waals surface area (Å²) in [6.45, 7) is 6.70. The Kier molecular flexibility index (Phi) is 5.18. The number of alkyl halides is 2. The quantitative estimate of drug-likeness (QED) is 0.862. The van der Waals surface area contributed by atoms with E-state index in [-0.39, 0.29) is 18.9 Å². The molecule has 0 amide bonds. The zero-order valence-electron chi connectivity index (χ0n) is 16.3. The topological polar surface area (TPSA) is 68.1 Å². The van der Waals surface area contributed by atoms with Crippen LogP contribution in [-0.4, -0.2) is 58.0 Å². The molecule has 1 saturated heterocycles. The predicted octanol–water partition coefficient (Wildman–Crippen LogP) is 3.11. The second-order valence-corrected chi connectivity index (χ2v) is 7.62. The van der Waals surface area contributed by atoms with Gasteiger partial charge in [0.1, 0.15) is 11.6 Å². The van der Waals surface area contributed by atoms with Crippen LogP contribution in [0.1, 0.15) is 37.1 Å². The van der Waals surface area contributed by atoms with Gasteiger partial charge in [-0.1, -0.05) is 0 Å². The molecule has 0 bridgehead atoms. The number of morpholine rings is 1. The number of ether oxygens (including phenoxy) is 1. The third kappa shape index (κ3) is 4.24. The van der Waals surface area contributed by atoms with Gasteiger partial charge in [0.15, 0.2) is 0 Å². The van der Waals surface area contributed by atoms with Crippen molar-refractivity contribution in [3.05, 3.63) is 23.5 Å². The molecule has 4 rings (SSSR count). The van der Waals surface area contributed by atoms with Gasteiger partial charge in [-0.05, 0) is 32.8 Å². The molecule has 0 aromatic carbocycles. The van der Waals surface area contributed by atoms with Crippen LogP contribution in [0.2, 0.25) is 0 Å². The molecular weight excluding hydrogens is 366 g/mol. The standard InChI is InChI=1S/C19H26F2N6O/c1-13-11-14(2)27(25-13)18-23-16(22-15-3-5-19(20,21)6-4-15)12-17(24-18)26-7-9-28-10-8-26/h11-12,15H,3-10H2,1-2H3,(H,22,23,24). The van der Waals surface area contributed by atoms with E-state index in [0.29, 0.717) is 37.8 Å². The average molecular weight is 392 g/mol. The van der Waals surface area contributed by atoms with E-state index < -0.39 is 5.92 Å². The fourth-order valence-electron chi connectivity index (χ4n) is 3.77. The first kappa shape index (κ1) is 19.0. The fraction of sp³-hybridized carbons (Fsp3) is 0.632. The first-order chi connectivity index (χ1) is 13.4. The maximum atomic E-state index is 13.5. The summed E-state index contributed by atoms with van der Waals surface area (Å²) in [4.78, 5) is 11.5. The summed E-state index contributed by atoms with van der Waals surface area (Å²) in [6.07, 6.45) is 0.686. The largest absolute Gasteiger partial charge is 0.378 e. The number of hydrogen-bond acceptors (Lipinski definition) is 6. The minimum Gasteiger partial charge on any atom is -0.378 e. The second kappa shape index (κ2) is 7.62. The van der Waals surface area contributed by atoms with Crippen molar-refractivity contribution in [2.45, 2.75) is 51.5 Å². The zero-order valence-corrected chi connectivity index (χ0v) is 16.3. The van der Waals surface area contributed by atoms with E-state index in [0.717, 1.165) is 30.3 Å². The predicted molar refractivity (Wildman–Crippen MR) is 102 cm³/mol. The summed E-state index contributed by atoms with van der Waals surface area (Å²) < 4.78 is 34.1. The summed E-state index contributed by atoms with van der Waals surface area (Å²) in [7, 11) is 0. The molecule has 0 unspecified atom stereocenters. The van der Waals surface area contributed by atoms with E-state index in [4.69, 9.17) is 9.72 Å². The van der Waals surface area contributed by atoms with Gasteiger partial charge in [-0.15, -0.1) is 0 Å². The molecule has 0 atom stereocenters. The van der Waals surface area contributed by atoms with Crippen molar-refractivity contribution in [1.82, 2.24) is 19.7 Å². The zero-order chi connectivity index (χ0) is 19.7. The van der Waals surface area contributed by atoms with Crippen molar-refractivity contribution in [2.24, 2.45) is 0 Å². The van der Waals surface area contributed by atoms with Crippen molar-refractivity contribution < 1.29 is 13.5 Å². The Balaban J connectivity index is 1.63. The maximum Gasteiger partial charge on any atom is 0.254 e. The summed E-state index contributed by atoms with van der Waals surface area (Å²) in [5.41, 5.74) is 1.83. The Labute approximate surface area is 163 Å². The van der Waals surface area contributed by atoms with Crippen molar-refractivity contribution in [3.63, 3.8) is 0 Å². The Hall–Kier alpha value is -2.29. The van der Waals surface area contributed by atoms with Crippen molar-refractivity contribution in [2.75, 3.05) is 36.5 Å². The van der Waals surface area contributed by atoms with E-state index >= 15 is 0 Å². The van der Waals surface area contributed by atoms with E-state index in [1.54, 1.807) is 4.68 Å². The van der Waals surface area contributed by atoms with Crippen LogP contribution in [0.5, 0.6) is 0 Å². The summed E-state index contributed by atoms with van der Waals surface area (Å²) in [6, 6.07) is 3.86. The number of aryl methyl sites for hydroxylation is 2. The molecule has 1 aliphatic carbocycles. The first-order valence-corrected chi connectivity index (χ1v) is 9.79. The monoisotopic (exact) mass is 392 g/mol. The molecule has 1 saturated carbocycles. The second-order valence-electron chi connectivity index (χ2n) is 7.62. The van der Waals surface area contributed by atoms with Gasteiger partial charge in [0.2, 0.25) is 5.92 Å². The molecule has 152 valence electrons. The normalized spacial score (nSPS) is 20.4. The van der Waals surface area contributed by atoms with E-state index in [1.165, 1.54) is 0 Å². The highest BCUT2D eigenvalue weighted by Crippen LogP contribution is 2.34. The molecule has 0 radical (unpaired) electrons. The summed E-state index contributed by atoms with van der Waals surface area (Å²) in [5, 5.41) is 7.85. The molecule has 3 heterocycles. The molecule has 7 nitrogen and oxygen atoms in total. The Morgan fingerprint density at radius 2 is 1.82 bits per heavy atom. The number of nitrogens with zero attached hydrogens (tertiary/aromatic N) is 5. The molecular formula is C19H26F2N6O. The summed E-state index contributed by atoms with van der Waals surface area (Å²) >= 11 is 0. The van der Waals surface area contributed by atoms with Crippen LogP contribution in [0.3, 0.4) is 0 Å². The molecule has 2 aromatic heterocycles. The Morgan fingerprint density at radius 1 is 1.11 bits per heavy atom. The van der Waals surface area contributed by atoms with Gasteiger partial charge < -0.3 is 15.0 Å². The lowest BCUT2D eigenvalue weighted by molar-refractivity contribution is -0.0361. The van der Waals surface area contributed by atoms with Crippen molar-refractivity contribution in [1.29, 1.82) is 0 Å². The van der Waals surface area contributed by atoms with Gasteiger partial charge in [0.25, 0.3) is 5.95 Å². The molecule has 0 spiro atoms. The number of halogens is 2. The molecule has 2 aliphatic rings. The van der Waals surface area contributed by atoms with Gasteiger partial charge in [-0.2, -0.15) is 15.1 Å². The average Bonchev–Trinajstić information content (AvgIpc) is 3.02. The number of aromatic nitrogens is 4. The lowest BCUT2D eigenvalue weighted by Crippen LogP contribution is -2.37. The summed E-state index contributed by atoms with van der Waals surface area (Å²) in [5.74, 6) is -0.616. The molecule has 2 fully saturated rings. The number of anilines is 2. The van der Waals surface area contributed by atoms with E-state index in [2.05, 4.69) is 20.3 Å². The Morgan fingerprint density at radius 3 is 2.46 bits per heavy atom. The minimum absolute atomic E-state index is 0.0135.